The Balaban J connectivity index is 1.84. The van der Waals surface area contributed by atoms with Gasteiger partial charge in [0.2, 0.25) is 0 Å². The van der Waals surface area contributed by atoms with E-state index in [1.807, 2.05) is 0 Å². The maximum atomic E-state index is 10.9. The molecule has 28 heavy (non-hydrogen) atoms. The van der Waals surface area contributed by atoms with E-state index in [1.165, 1.54) is 44.9 Å². The molecule has 0 aliphatic carbocycles. The van der Waals surface area contributed by atoms with Gasteiger partial charge in [0, 0.05) is 6.54 Å². The van der Waals surface area contributed by atoms with Crippen molar-refractivity contribution in [3.8, 4) is 0 Å². The minimum Gasteiger partial charge on any atom is -0.368 e. The fourth-order valence-electron chi connectivity index (χ4n) is 2.99. The molecule has 0 saturated heterocycles. The van der Waals surface area contributed by atoms with Crippen molar-refractivity contribution >= 4 is 24.6 Å². The molecule has 0 saturated carbocycles. The summed E-state index contributed by atoms with van der Waals surface area (Å²) in [6.07, 6.45) is 10.9. The van der Waals surface area contributed by atoms with E-state index in [4.69, 9.17) is 14.5 Å². The van der Waals surface area contributed by atoms with Crippen molar-refractivity contribution in [2.24, 2.45) is 0 Å². The van der Waals surface area contributed by atoms with Gasteiger partial charge in [-0.2, -0.15) is 0 Å². The zero-order valence-electron chi connectivity index (χ0n) is 16.8. The predicted molar refractivity (Wildman–Crippen MR) is 109 cm³/mol. The van der Waals surface area contributed by atoms with Gasteiger partial charge in [-0.15, -0.1) is 0 Å². The van der Waals surface area contributed by atoms with Crippen LogP contribution < -0.4 is 5.32 Å². The van der Waals surface area contributed by atoms with Gasteiger partial charge in [-0.1, -0.05) is 45.4 Å². The summed E-state index contributed by atoms with van der Waals surface area (Å²) in [5.41, 5.74) is 1.36. The van der Waals surface area contributed by atoms with E-state index in [2.05, 4.69) is 27.2 Å². The number of ether oxygens (including phenoxy) is 1. The zero-order valence-corrected chi connectivity index (χ0v) is 17.6. The molecule has 1 atom stereocenters. The molecule has 0 bridgehead atoms. The highest BCUT2D eigenvalue weighted by Crippen LogP contribution is 2.34. The van der Waals surface area contributed by atoms with Crippen molar-refractivity contribution in [3.05, 3.63) is 12.7 Å². The quantitative estimate of drug-likeness (QED) is 0.318. The number of anilines is 1. The summed E-state index contributed by atoms with van der Waals surface area (Å²) in [5.74, 6) is 0.707. The maximum Gasteiger partial charge on any atom is 0.350 e. The highest BCUT2D eigenvalue weighted by Gasteiger charge is 2.17. The molecule has 0 unspecified atom stereocenters. The second kappa shape index (κ2) is 11.5. The van der Waals surface area contributed by atoms with Crippen LogP contribution in [0.5, 0.6) is 0 Å². The van der Waals surface area contributed by atoms with Crippen LogP contribution in [0.3, 0.4) is 0 Å². The number of fused-ring (bicyclic) bond motifs is 1. The maximum absolute atomic E-state index is 10.9. The molecule has 0 fully saturated rings. The Kier molecular flexibility index (Phi) is 9.31. The van der Waals surface area contributed by atoms with Gasteiger partial charge in [-0.3, -0.25) is 4.57 Å². The second-order valence-electron chi connectivity index (χ2n) is 7.11. The molecule has 0 radical (unpaired) electrons. The highest BCUT2D eigenvalue weighted by atomic mass is 31.2. The van der Waals surface area contributed by atoms with Crippen LogP contribution in [0.15, 0.2) is 12.7 Å². The topological polar surface area (TPSA) is 122 Å². The molecule has 2 heterocycles. The van der Waals surface area contributed by atoms with E-state index in [-0.39, 0.29) is 6.10 Å². The van der Waals surface area contributed by atoms with Crippen molar-refractivity contribution in [2.75, 3.05) is 18.2 Å². The first kappa shape index (κ1) is 22.7. The Bertz CT molecular complexity index is 764. The number of aromatic nitrogens is 4. The highest BCUT2D eigenvalue weighted by molar-refractivity contribution is 7.51. The lowest BCUT2D eigenvalue weighted by Crippen LogP contribution is -2.17. The summed E-state index contributed by atoms with van der Waals surface area (Å²) < 4.78 is 17.9. The molecule has 0 aliphatic rings. The Morgan fingerprint density at radius 1 is 1.14 bits per heavy atom. The predicted octanol–water partition coefficient (Wildman–Crippen LogP) is 3.53. The average Bonchev–Trinajstić information content (AvgIpc) is 3.05. The van der Waals surface area contributed by atoms with Gasteiger partial charge in [0.05, 0.1) is 19.0 Å². The molecule has 0 aliphatic heterocycles. The Morgan fingerprint density at radius 3 is 2.57 bits per heavy atom. The molecule has 2 aromatic heterocycles. The van der Waals surface area contributed by atoms with E-state index >= 15 is 0 Å². The number of imidazole rings is 1. The van der Waals surface area contributed by atoms with Crippen LogP contribution in [0.4, 0.5) is 5.82 Å². The standard InChI is InChI=1S/C18H32N5O4P/c1-3-4-5-6-7-8-9-10-19-17-16-18(21-12-20-17)23(13-22-16)11-15(2)27-14-28(24,25)26/h12-13,15H,3-11,14H2,1-2H3,(H,19,20,21)(H2,24,25,26)/t15-/m1/s1. The molecular weight excluding hydrogens is 381 g/mol. The fourth-order valence-corrected chi connectivity index (χ4v) is 3.44. The Morgan fingerprint density at radius 2 is 1.86 bits per heavy atom. The van der Waals surface area contributed by atoms with Crippen LogP contribution >= 0.6 is 7.60 Å². The average molecular weight is 413 g/mol. The van der Waals surface area contributed by atoms with Gasteiger partial charge in [-0.05, 0) is 13.3 Å². The third kappa shape index (κ3) is 7.83. The Hall–Kier alpha value is -1.54. The van der Waals surface area contributed by atoms with Crippen molar-refractivity contribution in [1.82, 2.24) is 19.5 Å². The first-order chi connectivity index (χ1) is 13.4. The largest absolute Gasteiger partial charge is 0.368 e. The van der Waals surface area contributed by atoms with Gasteiger partial charge in [0.1, 0.15) is 18.2 Å². The normalized spacial score (nSPS) is 13.1. The third-order valence-electron chi connectivity index (χ3n) is 4.46. The second-order valence-corrected chi connectivity index (χ2v) is 8.70. The third-order valence-corrected chi connectivity index (χ3v) is 4.94. The van der Waals surface area contributed by atoms with Crippen LogP contribution in [0, 0.1) is 0 Å². The SMILES string of the molecule is CCCCCCCCCNc1ncnc2c1ncn2C[C@@H](C)OCP(=O)(O)O. The summed E-state index contributed by atoms with van der Waals surface area (Å²) in [6, 6.07) is 0. The molecular formula is C18H32N5O4P. The lowest BCUT2D eigenvalue weighted by atomic mass is 10.1. The van der Waals surface area contributed by atoms with Gasteiger partial charge in [-0.25, -0.2) is 15.0 Å². The number of unbranched alkanes of at least 4 members (excludes halogenated alkanes) is 6. The molecule has 0 spiro atoms. The minimum atomic E-state index is -4.18. The van der Waals surface area contributed by atoms with Crippen LogP contribution in [0.25, 0.3) is 11.2 Å². The van der Waals surface area contributed by atoms with Gasteiger partial charge < -0.3 is 24.4 Å². The lowest BCUT2D eigenvalue weighted by molar-refractivity contribution is 0.0764. The molecule has 158 valence electrons. The first-order valence-corrected chi connectivity index (χ1v) is 11.8. The molecule has 2 aromatic rings. The van der Waals surface area contributed by atoms with Crippen LogP contribution in [-0.4, -0.2) is 48.3 Å². The van der Waals surface area contributed by atoms with Crippen LogP contribution in [0.2, 0.25) is 0 Å². The molecule has 0 amide bonds. The van der Waals surface area contributed by atoms with E-state index < -0.39 is 13.9 Å². The van der Waals surface area contributed by atoms with Gasteiger partial charge in [0.15, 0.2) is 11.5 Å². The molecule has 10 heteroatoms. The molecule has 9 nitrogen and oxygen atoms in total. The van der Waals surface area contributed by atoms with Crippen molar-refractivity contribution in [3.63, 3.8) is 0 Å². The Labute approximate surface area is 166 Å². The summed E-state index contributed by atoms with van der Waals surface area (Å²) in [7, 11) is -4.18. The number of hydrogen-bond donors (Lipinski definition) is 3. The smallest absolute Gasteiger partial charge is 0.350 e. The number of rotatable bonds is 14. The summed E-state index contributed by atoms with van der Waals surface area (Å²) in [6.45, 7) is 5.21. The monoisotopic (exact) mass is 413 g/mol. The summed E-state index contributed by atoms with van der Waals surface area (Å²) >= 11 is 0. The molecule has 3 N–H and O–H groups in total. The summed E-state index contributed by atoms with van der Waals surface area (Å²) in [4.78, 5) is 30.8. The lowest BCUT2D eigenvalue weighted by Gasteiger charge is -2.14. The van der Waals surface area contributed by atoms with Gasteiger partial charge >= 0.3 is 7.60 Å². The zero-order chi connectivity index (χ0) is 20.4. The molecule has 0 aromatic carbocycles. The van der Waals surface area contributed by atoms with E-state index in [0.29, 0.717) is 23.5 Å². The van der Waals surface area contributed by atoms with Crippen LogP contribution in [-0.2, 0) is 15.8 Å². The fraction of sp³-hybridized carbons (Fsp3) is 0.722. The summed E-state index contributed by atoms with van der Waals surface area (Å²) in [5, 5.41) is 3.34. The van der Waals surface area contributed by atoms with Crippen molar-refractivity contribution in [2.45, 2.75) is 71.4 Å². The van der Waals surface area contributed by atoms with Crippen molar-refractivity contribution < 1.29 is 19.1 Å². The minimum absolute atomic E-state index is 0.385. The number of nitrogens with zero attached hydrogens (tertiary/aromatic N) is 4. The van der Waals surface area contributed by atoms with Crippen molar-refractivity contribution in [1.29, 1.82) is 0 Å². The number of nitrogens with one attached hydrogen (secondary N) is 1. The van der Waals surface area contributed by atoms with Crippen LogP contribution in [0.1, 0.15) is 58.8 Å². The van der Waals surface area contributed by atoms with E-state index in [9.17, 15) is 4.57 Å². The van der Waals surface area contributed by atoms with Gasteiger partial charge in [0.25, 0.3) is 0 Å². The first-order valence-electron chi connectivity index (χ1n) is 9.96. The van der Waals surface area contributed by atoms with E-state index in [0.717, 1.165) is 13.0 Å². The number of hydrogen-bond acceptors (Lipinski definition) is 6. The molecule has 2 rings (SSSR count). The van der Waals surface area contributed by atoms with E-state index in [1.54, 1.807) is 17.8 Å².